The van der Waals surface area contributed by atoms with E-state index in [1.54, 1.807) is 25.1 Å². The molecule has 0 saturated carbocycles. The average Bonchev–Trinajstić information content (AvgIpc) is 3.55. The van der Waals surface area contributed by atoms with E-state index in [-0.39, 0.29) is 23.7 Å². The van der Waals surface area contributed by atoms with Gasteiger partial charge in [-0.3, -0.25) is 9.69 Å². The van der Waals surface area contributed by atoms with Gasteiger partial charge in [0.15, 0.2) is 5.69 Å². The molecule has 4 rings (SSSR count). The second-order valence-corrected chi connectivity index (χ2v) is 8.78. The monoisotopic (exact) mass is 493 g/mol. The van der Waals surface area contributed by atoms with Gasteiger partial charge in [0.2, 0.25) is 5.91 Å². The van der Waals surface area contributed by atoms with Crippen molar-refractivity contribution in [1.82, 2.24) is 25.2 Å². The summed E-state index contributed by atoms with van der Waals surface area (Å²) in [4.78, 5) is 27.3. The molecule has 1 fully saturated rings. The number of likely N-dealkylation sites (tertiary alicyclic amines) is 1. The molecule has 2 heterocycles. The van der Waals surface area contributed by atoms with Crippen LogP contribution in [0.15, 0.2) is 48.7 Å². The Labute approximate surface area is 210 Å². The molecule has 1 N–H and O–H groups in total. The van der Waals surface area contributed by atoms with E-state index in [9.17, 15) is 9.59 Å². The highest BCUT2D eigenvalue weighted by Crippen LogP contribution is 2.30. The minimum absolute atomic E-state index is 0.0631. The molecular formula is C26H31N5O5. The maximum atomic E-state index is 13.3. The molecule has 10 nitrogen and oxygen atoms in total. The van der Waals surface area contributed by atoms with Crippen LogP contribution >= 0.6 is 0 Å². The Hall–Kier alpha value is -3.92. The van der Waals surface area contributed by atoms with Crippen molar-refractivity contribution in [3.63, 3.8) is 0 Å². The van der Waals surface area contributed by atoms with Crippen molar-refractivity contribution >= 4 is 11.9 Å². The second-order valence-electron chi connectivity index (χ2n) is 8.78. The minimum atomic E-state index is -0.543. The molecule has 1 aromatic heterocycles. The fourth-order valence-electron chi connectivity index (χ4n) is 4.50. The first kappa shape index (κ1) is 25.2. The number of carbonyl (C=O) groups excluding carboxylic acids is 2. The number of nitrogens with zero attached hydrogens (tertiary/aromatic N) is 4. The van der Waals surface area contributed by atoms with E-state index in [2.05, 4.69) is 26.6 Å². The lowest BCUT2D eigenvalue weighted by Gasteiger charge is -2.24. The van der Waals surface area contributed by atoms with Crippen LogP contribution in [0, 0.1) is 6.92 Å². The number of benzene rings is 2. The van der Waals surface area contributed by atoms with Gasteiger partial charge in [0.1, 0.15) is 11.5 Å². The SMILES string of the molecule is COC(=O)c1cn([C@@H]2C[C@@H](C(=O)NCc3ccc(OC)cc3)N(Cc3ccc(OC)c(C)c3)C2)nn1. The summed E-state index contributed by atoms with van der Waals surface area (Å²) in [5.41, 5.74) is 3.23. The zero-order valence-electron chi connectivity index (χ0n) is 20.9. The fraction of sp³-hybridized carbons (Fsp3) is 0.385. The molecule has 3 aromatic rings. The first-order valence-electron chi connectivity index (χ1n) is 11.7. The number of hydrogen-bond acceptors (Lipinski definition) is 8. The van der Waals surface area contributed by atoms with Crippen molar-refractivity contribution < 1.29 is 23.8 Å². The predicted molar refractivity (Wildman–Crippen MR) is 132 cm³/mol. The summed E-state index contributed by atoms with van der Waals surface area (Å²) in [6.07, 6.45) is 2.11. The molecule has 2 aromatic carbocycles. The highest BCUT2D eigenvalue weighted by Gasteiger charge is 2.38. The summed E-state index contributed by atoms with van der Waals surface area (Å²) in [6.45, 7) is 3.57. The summed E-state index contributed by atoms with van der Waals surface area (Å²) >= 11 is 0. The first-order valence-corrected chi connectivity index (χ1v) is 11.7. The highest BCUT2D eigenvalue weighted by atomic mass is 16.5. The Kier molecular flexibility index (Phi) is 7.84. The molecule has 1 saturated heterocycles. The lowest BCUT2D eigenvalue weighted by atomic mass is 10.1. The Morgan fingerprint density at radius 1 is 1.06 bits per heavy atom. The number of methoxy groups -OCH3 is 3. The number of carbonyl (C=O) groups is 2. The van der Waals surface area contributed by atoms with Gasteiger partial charge in [-0.15, -0.1) is 5.10 Å². The topological polar surface area (TPSA) is 108 Å². The van der Waals surface area contributed by atoms with Crippen LogP contribution in [0.4, 0.5) is 0 Å². The quantitative estimate of drug-likeness (QED) is 0.453. The third-order valence-corrected chi connectivity index (χ3v) is 6.43. The second kappa shape index (κ2) is 11.2. The molecule has 1 amide bonds. The Bertz CT molecular complexity index is 1210. The molecule has 2 atom stereocenters. The Balaban J connectivity index is 1.51. The molecule has 1 aliphatic heterocycles. The van der Waals surface area contributed by atoms with Gasteiger partial charge in [0.25, 0.3) is 0 Å². The molecule has 0 spiro atoms. The van der Waals surface area contributed by atoms with Gasteiger partial charge in [-0.1, -0.05) is 29.5 Å². The summed E-state index contributed by atoms with van der Waals surface area (Å²) < 4.78 is 17.0. The third-order valence-electron chi connectivity index (χ3n) is 6.43. The predicted octanol–water partition coefficient (Wildman–Crippen LogP) is 2.52. The van der Waals surface area contributed by atoms with Crippen LogP contribution in [0.1, 0.15) is 39.6 Å². The van der Waals surface area contributed by atoms with Crippen LogP contribution < -0.4 is 14.8 Å². The molecule has 0 unspecified atom stereocenters. The molecule has 36 heavy (non-hydrogen) atoms. The number of amides is 1. The summed E-state index contributed by atoms with van der Waals surface area (Å²) in [5.74, 6) is 0.985. The maximum Gasteiger partial charge on any atom is 0.360 e. The zero-order chi connectivity index (χ0) is 25.7. The average molecular weight is 494 g/mol. The smallest absolute Gasteiger partial charge is 0.360 e. The van der Waals surface area contributed by atoms with E-state index in [1.165, 1.54) is 7.11 Å². The molecule has 0 bridgehead atoms. The maximum absolute atomic E-state index is 13.3. The highest BCUT2D eigenvalue weighted by molar-refractivity contribution is 5.86. The number of nitrogens with one attached hydrogen (secondary N) is 1. The van der Waals surface area contributed by atoms with Crippen LogP contribution in [-0.4, -0.2) is 65.7 Å². The number of ether oxygens (including phenoxy) is 3. The van der Waals surface area contributed by atoms with Gasteiger partial charge in [0, 0.05) is 19.6 Å². The van der Waals surface area contributed by atoms with Crippen molar-refractivity contribution in [3.05, 3.63) is 71.0 Å². The van der Waals surface area contributed by atoms with E-state index >= 15 is 0 Å². The van der Waals surface area contributed by atoms with Crippen LogP contribution in [0.5, 0.6) is 11.5 Å². The van der Waals surface area contributed by atoms with Gasteiger partial charge in [0.05, 0.1) is 39.6 Å². The van der Waals surface area contributed by atoms with E-state index in [1.807, 2.05) is 43.3 Å². The lowest BCUT2D eigenvalue weighted by molar-refractivity contribution is -0.125. The molecular weight excluding hydrogens is 462 g/mol. The van der Waals surface area contributed by atoms with Crippen molar-refractivity contribution in [1.29, 1.82) is 0 Å². The molecule has 0 aliphatic carbocycles. The molecule has 1 aliphatic rings. The van der Waals surface area contributed by atoms with Crippen molar-refractivity contribution in [2.45, 2.75) is 38.5 Å². The van der Waals surface area contributed by atoms with Gasteiger partial charge in [-0.2, -0.15) is 0 Å². The van der Waals surface area contributed by atoms with E-state index in [0.29, 0.717) is 26.1 Å². The molecule has 190 valence electrons. The Morgan fingerprint density at radius 2 is 1.81 bits per heavy atom. The number of hydrogen-bond donors (Lipinski definition) is 1. The Morgan fingerprint density at radius 3 is 2.47 bits per heavy atom. The van der Waals surface area contributed by atoms with Crippen LogP contribution in [-0.2, 0) is 22.6 Å². The van der Waals surface area contributed by atoms with Crippen LogP contribution in [0.2, 0.25) is 0 Å². The normalized spacial score (nSPS) is 17.6. The number of esters is 1. The van der Waals surface area contributed by atoms with Crippen molar-refractivity contribution in [3.8, 4) is 11.5 Å². The van der Waals surface area contributed by atoms with Gasteiger partial charge in [-0.05, 0) is 48.2 Å². The first-order chi connectivity index (χ1) is 17.4. The number of aryl methyl sites for hydroxylation is 1. The largest absolute Gasteiger partial charge is 0.497 e. The zero-order valence-corrected chi connectivity index (χ0v) is 20.9. The standard InChI is InChI=1S/C26H31N5O5/c1-17-11-19(7-10-24(17)35-3)14-30-15-20(31-16-22(28-29-31)26(33)36-4)12-23(30)25(32)27-13-18-5-8-21(34-2)9-6-18/h5-11,16,20,23H,12-15H2,1-4H3,(H,27,32)/t20-,23+/m1/s1. The van der Waals surface area contributed by atoms with Crippen molar-refractivity contribution in [2.24, 2.45) is 0 Å². The number of aromatic nitrogens is 3. The number of rotatable bonds is 9. The molecule has 0 radical (unpaired) electrons. The third kappa shape index (κ3) is 5.65. The minimum Gasteiger partial charge on any atom is -0.497 e. The van der Waals surface area contributed by atoms with Gasteiger partial charge in [-0.25, -0.2) is 9.48 Å². The molecule has 10 heteroatoms. The van der Waals surface area contributed by atoms with Gasteiger partial charge >= 0.3 is 5.97 Å². The van der Waals surface area contributed by atoms with E-state index < -0.39 is 5.97 Å². The van der Waals surface area contributed by atoms with Crippen LogP contribution in [0.25, 0.3) is 0 Å². The van der Waals surface area contributed by atoms with Crippen LogP contribution in [0.3, 0.4) is 0 Å². The van der Waals surface area contributed by atoms with Crippen molar-refractivity contribution in [2.75, 3.05) is 27.9 Å². The van der Waals surface area contributed by atoms with E-state index in [4.69, 9.17) is 14.2 Å². The summed E-state index contributed by atoms with van der Waals surface area (Å²) in [7, 11) is 4.57. The van der Waals surface area contributed by atoms with Gasteiger partial charge < -0.3 is 19.5 Å². The fourth-order valence-corrected chi connectivity index (χ4v) is 4.50. The summed E-state index contributed by atoms with van der Waals surface area (Å²) in [6, 6.07) is 13.1. The summed E-state index contributed by atoms with van der Waals surface area (Å²) in [5, 5.41) is 11.1. The lowest BCUT2D eigenvalue weighted by Crippen LogP contribution is -2.42. The van der Waals surface area contributed by atoms with E-state index in [0.717, 1.165) is 28.2 Å².